The summed E-state index contributed by atoms with van der Waals surface area (Å²) in [6.45, 7) is 0. The Kier molecular flexibility index (Phi) is 6.64. The summed E-state index contributed by atoms with van der Waals surface area (Å²) in [5, 5.41) is 16.5. The molecule has 0 aromatic carbocycles. The molecule has 0 fully saturated rings. The molecule has 1 N–H and O–H groups in total. The summed E-state index contributed by atoms with van der Waals surface area (Å²) in [5.74, 6) is -3.78. The quantitative estimate of drug-likeness (QED) is 0.185. The van der Waals surface area contributed by atoms with Crippen LogP contribution in [-0.2, 0) is 9.53 Å². The number of aliphatic hydroxyl groups is 1. The Morgan fingerprint density at radius 3 is 2.21 bits per heavy atom. The zero-order valence-corrected chi connectivity index (χ0v) is 9.34. The van der Waals surface area contributed by atoms with Gasteiger partial charge in [0.2, 0.25) is 5.76 Å². The summed E-state index contributed by atoms with van der Waals surface area (Å²) < 4.78 is 39.0. The number of carbonyl (C=O) groups excluding carboxylic acids is 1. The number of rotatable bonds is 1. The second-order valence-electron chi connectivity index (χ2n) is 1.82. The van der Waals surface area contributed by atoms with E-state index in [1.165, 1.54) is 0 Å². The first-order valence-electron chi connectivity index (χ1n) is 2.83. The molecule has 0 rings (SSSR count). The van der Waals surface area contributed by atoms with Gasteiger partial charge < -0.3 is 11.3 Å². The third kappa shape index (κ3) is 4.00. The van der Waals surface area contributed by atoms with Crippen LogP contribution in [0.1, 0.15) is 1.43 Å². The molecule has 0 saturated carbocycles. The topological polar surface area (TPSA) is 70.3 Å². The molecular formula is C6H5F3NNaO3. The van der Waals surface area contributed by atoms with Gasteiger partial charge in [0, 0.05) is 0 Å². The minimum Gasteiger partial charge on any atom is -1.00 e. The van der Waals surface area contributed by atoms with Crippen molar-refractivity contribution in [3.63, 3.8) is 0 Å². The van der Waals surface area contributed by atoms with E-state index in [9.17, 15) is 18.0 Å². The number of aliphatic hydroxyl groups excluding tert-OH is 1. The van der Waals surface area contributed by atoms with Gasteiger partial charge in [0.25, 0.3) is 0 Å². The van der Waals surface area contributed by atoms with Crippen molar-refractivity contribution in [2.24, 2.45) is 0 Å². The molecule has 0 bridgehead atoms. The number of allylic oxidation sites excluding steroid dienone is 1. The van der Waals surface area contributed by atoms with E-state index in [-0.39, 0.29) is 31.0 Å². The first-order valence-corrected chi connectivity index (χ1v) is 2.83. The van der Waals surface area contributed by atoms with Crippen LogP contribution in [-0.4, -0.2) is 24.4 Å². The largest absolute Gasteiger partial charge is 1.00 e. The number of carbonyl (C=O) groups is 1. The second-order valence-corrected chi connectivity index (χ2v) is 1.82. The number of alkyl halides is 3. The van der Waals surface area contributed by atoms with Gasteiger partial charge in [-0.1, -0.05) is 0 Å². The van der Waals surface area contributed by atoms with Gasteiger partial charge in [-0.25, -0.2) is 4.79 Å². The van der Waals surface area contributed by atoms with Crippen molar-refractivity contribution in [2.45, 2.75) is 6.18 Å². The number of nitrogens with zero attached hydrogens (tertiary/aromatic N) is 1. The SMILES string of the molecule is COC(=O)/C(C#N)=C(\O)C(F)(F)F.[H-].[Na+]. The molecule has 0 heterocycles. The fraction of sp³-hybridized carbons (Fsp3) is 0.333. The maximum Gasteiger partial charge on any atom is 1.00 e. The standard InChI is InChI=1S/C6H4F3NO3.Na.H/c1-13-5(12)3(2-10)4(11)6(7,8)9;;/h11H,1H3;;/q;+1;-1/b4-3-;;. The van der Waals surface area contributed by atoms with E-state index < -0.39 is 23.5 Å². The van der Waals surface area contributed by atoms with Crippen LogP contribution in [0.25, 0.3) is 0 Å². The molecule has 0 aliphatic rings. The normalized spacial score (nSPS) is 11.9. The van der Waals surface area contributed by atoms with E-state index >= 15 is 0 Å². The zero-order valence-electron chi connectivity index (χ0n) is 8.34. The molecule has 0 amide bonds. The molecular weight excluding hydrogens is 214 g/mol. The monoisotopic (exact) mass is 219 g/mol. The van der Waals surface area contributed by atoms with Crippen LogP contribution in [0, 0.1) is 11.3 Å². The maximum atomic E-state index is 11.7. The van der Waals surface area contributed by atoms with Crippen LogP contribution in [0.5, 0.6) is 0 Å². The number of hydrogen-bond donors (Lipinski definition) is 1. The fourth-order valence-electron chi connectivity index (χ4n) is 0.439. The van der Waals surface area contributed by atoms with E-state index in [0.29, 0.717) is 0 Å². The second kappa shape index (κ2) is 5.90. The van der Waals surface area contributed by atoms with Gasteiger partial charge >= 0.3 is 41.7 Å². The number of methoxy groups -OCH3 is 1. The van der Waals surface area contributed by atoms with Gasteiger partial charge in [-0.15, -0.1) is 0 Å². The third-order valence-corrected chi connectivity index (χ3v) is 1.01. The van der Waals surface area contributed by atoms with Crippen molar-refractivity contribution in [3.05, 3.63) is 11.3 Å². The van der Waals surface area contributed by atoms with Crippen LogP contribution in [0.15, 0.2) is 11.3 Å². The van der Waals surface area contributed by atoms with Crippen LogP contribution in [0.4, 0.5) is 13.2 Å². The van der Waals surface area contributed by atoms with Crippen molar-refractivity contribution in [1.29, 1.82) is 5.26 Å². The van der Waals surface area contributed by atoms with Gasteiger partial charge in [0.05, 0.1) is 7.11 Å². The number of hydrogen-bond acceptors (Lipinski definition) is 4. The van der Waals surface area contributed by atoms with Gasteiger partial charge in [0.1, 0.15) is 6.07 Å². The van der Waals surface area contributed by atoms with E-state index in [1.54, 1.807) is 0 Å². The van der Waals surface area contributed by atoms with Gasteiger partial charge in [-0.05, 0) is 0 Å². The average Bonchev–Trinajstić information content (AvgIpc) is 2.03. The van der Waals surface area contributed by atoms with Crippen LogP contribution < -0.4 is 29.6 Å². The summed E-state index contributed by atoms with van der Waals surface area (Å²) >= 11 is 0. The molecule has 0 aliphatic heterocycles. The molecule has 0 radical (unpaired) electrons. The Labute approximate surface area is 101 Å². The smallest absolute Gasteiger partial charge is 1.00 e. The van der Waals surface area contributed by atoms with Crippen molar-refractivity contribution >= 4 is 5.97 Å². The molecule has 8 heteroatoms. The minimum absolute atomic E-state index is 0. The molecule has 74 valence electrons. The predicted octanol–water partition coefficient (Wildman–Crippen LogP) is -1.83. The summed E-state index contributed by atoms with van der Waals surface area (Å²) in [7, 11) is 0.795. The molecule has 0 aliphatic carbocycles. The molecule has 0 aromatic heterocycles. The van der Waals surface area contributed by atoms with Crippen LogP contribution in [0.3, 0.4) is 0 Å². The van der Waals surface area contributed by atoms with Crippen molar-refractivity contribution in [3.8, 4) is 6.07 Å². The number of ether oxygens (including phenoxy) is 1. The Morgan fingerprint density at radius 1 is 1.57 bits per heavy atom. The Hall–Kier alpha value is -0.710. The zero-order chi connectivity index (χ0) is 10.6. The minimum atomic E-state index is -5.13. The molecule has 14 heavy (non-hydrogen) atoms. The maximum absolute atomic E-state index is 11.7. The summed E-state index contributed by atoms with van der Waals surface area (Å²) in [5.41, 5.74) is -1.46. The first-order chi connectivity index (χ1) is 5.84. The van der Waals surface area contributed by atoms with Crippen LogP contribution >= 0.6 is 0 Å². The fourth-order valence-corrected chi connectivity index (χ4v) is 0.439. The average molecular weight is 219 g/mol. The number of nitriles is 1. The Bertz CT molecular complexity index is 297. The summed E-state index contributed by atoms with van der Waals surface area (Å²) in [4.78, 5) is 10.5. The Balaban J connectivity index is -0.000000720. The van der Waals surface area contributed by atoms with Crippen molar-refractivity contribution in [2.75, 3.05) is 7.11 Å². The van der Waals surface area contributed by atoms with E-state index in [4.69, 9.17) is 10.4 Å². The van der Waals surface area contributed by atoms with Gasteiger partial charge in [0.15, 0.2) is 5.57 Å². The Morgan fingerprint density at radius 2 is 2.00 bits per heavy atom. The molecule has 0 saturated heterocycles. The van der Waals surface area contributed by atoms with E-state index in [1.807, 2.05) is 0 Å². The summed E-state index contributed by atoms with van der Waals surface area (Å²) in [6.07, 6.45) is -5.13. The van der Waals surface area contributed by atoms with Crippen LogP contribution in [0.2, 0.25) is 0 Å². The van der Waals surface area contributed by atoms with E-state index in [0.717, 1.165) is 13.2 Å². The summed E-state index contributed by atoms with van der Waals surface area (Å²) in [6, 6.07) is 0.894. The molecule has 0 atom stereocenters. The van der Waals surface area contributed by atoms with Crippen molar-refractivity contribution in [1.82, 2.24) is 0 Å². The van der Waals surface area contributed by atoms with E-state index in [2.05, 4.69) is 4.74 Å². The molecule has 0 unspecified atom stereocenters. The number of halogens is 3. The number of esters is 1. The van der Waals surface area contributed by atoms with Gasteiger partial charge in [-0.3, -0.25) is 0 Å². The van der Waals surface area contributed by atoms with Gasteiger partial charge in [-0.2, -0.15) is 18.4 Å². The first kappa shape index (κ1) is 15.7. The third-order valence-electron chi connectivity index (χ3n) is 1.01. The predicted molar refractivity (Wildman–Crippen MR) is 34.5 cm³/mol. The van der Waals surface area contributed by atoms with Crippen molar-refractivity contribution < 1.29 is 58.8 Å². The molecule has 4 nitrogen and oxygen atoms in total. The molecule has 0 aromatic rings. The molecule has 0 spiro atoms.